The molecular formula is C17H18Cl2N5O9P. The molecule has 0 amide bonds. The van der Waals surface area contributed by atoms with E-state index in [4.69, 9.17) is 42.5 Å². The van der Waals surface area contributed by atoms with Gasteiger partial charge in [0.15, 0.2) is 11.5 Å². The van der Waals surface area contributed by atoms with E-state index in [0.717, 1.165) is 0 Å². The number of imidazole rings is 1. The minimum absolute atomic E-state index is 0.0471. The van der Waals surface area contributed by atoms with Crippen LogP contribution >= 0.6 is 31.0 Å². The number of phenols is 1. The number of rotatable bonds is 8. The molecule has 7 N–H and O–H groups in total. The van der Waals surface area contributed by atoms with Gasteiger partial charge in [0.25, 0.3) is 0 Å². The highest BCUT2D eigenvalue weighted by Gasteiger charge is 2.45. The molecule has 1 saturated heterocycles. The smallest absolute Gasteiger partial charge is 0.469 e. The summed E-state index contributed by atoms with van der Waals surface area (Å²) < 4.78 is 26.3. The first-order valence-electron chi connectivity index (χ1n) is 9.51. The molecule has 1 aliphatic heterocycles. The van der Waals surface area contributed by atoms with Gasteiger partial charge in [-0.25, -0.2) is 19.5 Å². The Labute approximate surface area is 200 Å². The fraction of sp³-hybridized carbons (Fsp3) is 0.353. The van der Waals surface area contributed by atoms with Gasteiger partial charge in [-0.15, -0.1) is 0 Å². The van der Waals surface area contributed by atoms with E-state index >= 15 is 0 Å². The Hall–Kier alpha value is -2.26. The molecule has 3 heterocycles. The third-order valence-corrected chi connectivity index (χ3v) is 5.93. The van der Waals surface area contributed by atoms with E-state index in [0.29, 0.717) is 17.0 Å². The zero-order chi connectivity index (χ0) is 24.6. The molecule has 0 saturated carbocycles. The molecule has 0 aliphatic carbocycles. The summed E-state index contributed by atoms with van der Waals surface area (Å²) in [7, 11) is -4.84. The number of hydrogen-bond donors (Lipinski definition) is 7. The van der Waals surface area contributed by atoms with Crippen LogP contribution in [0.4, 0.5) is 5.82 Å². The van der Waals surface area contributed by atoms with Crippen molar-refractivity contribution in [3.05, 3.63) is 34.3 Å². The van der Waals surface area contributed by atoms with Gasteiger partial charge in [-0.3, -0.25) is 4.52 Å². The van der Waals surface area contributed by atoms with Crippen molar-refractivity contribution < 1.29 is 43.7 Å². The van der Waals surface area contributed by atoms with E-state index in [2.05, 4.69) is 29.8 Å². The Balaban J connectivity index is 1.57. The standard InChI is InChI=1S/C17H18Cl2N5O9P/c18-7-1-8(19)14(33-17-13(27)12(26)9(32-17)3-31-34(28,29)30)6(11(7)25)2-20-15-10-16(22-4-21-10)24-5-23-15/h1,4-5,9,12-13,17,25-27H,2-3H2,(H2,28,29,30)(H2,20,21,22,23,24)/t9-,12-,13-,17?/m1/s1. The minimum Gasteiger partial charge on any atom is -0.506 e. The van der Waals surface area contributed by atoms with Crippen molar-refractivity contribution in [3.8, 4) is 11.5 Å². The normalized spacial score (nSPS) is 22.9. The predicted octanol–water partition coefficient (Wildman–Crippen LogP) is 0.912. The number of halogens is 2. The average Bonchev–Trinajstić information content (AvgIpc) is 3.36. The first-order valence-corrected chi connectivity index (χ1v) is 11.8. The van der Waals surface area contributed by atoms with Crippen molar-refractivity contribution in [1.82, 2.24) is 19.9 Å². The summed E-state index contributed by atoms with van der Waals surface area (Å²) in [6, 6.07) is 1.21. The second-order valence-corrected chi connectivity index (χ2v) is 9.16. The van der Waals surface area contributed by atoms with E-state index in [9.17, 15) is 19.9 Å². The van der Waals surface area contributed by atoms with Gasteiger partial charge in [0.05, 0.1) is 28.5 Å². The molecule has 1 unspecified atom stereocenters. The Morgan fingerprint density at radius 3 is 2.68 bits per heavy atom. The number of ether oxygens (including phenoxy) is 2. The number of anilines is 1. The summed E-state index contributed by atoms with van der Waals surface area (Å²) in [6.07, 6.45) is -3.33. The number of aromatic hydroxyl groups is 1. The van der Waals surface area contributed by atoms with Crippen LogP contribution in [0.15, 0.2) is 18.7 Å². The number of nitrogens with one attached hydrogen (secondary N) is 2. The van der Waals surface area contributed by atoms with E-state index in [-0.39, 0.29) is 33.7 Å². The molecule has 4 atom stereocenters. The number of hydrogen-bond acceptors (Lipinski definition) is 11. The van der Waals surface area contributed by atoms with Crippen LogP contribution in [0.5, 0.6) is 11.5 Å². The highest BCUT2D eigenvalue weighted by Crippen LogP contribution is 2.43. The number of phosphoric ester groups is 1. The number of phenolic OH excluding ortho intramolecular Hbond substituents is 1. The van der Waals surface area contributed by atoms with Crippen molar-refractivity contribution in [2.45, 2.75) is 31.1 Å². The molecule has 4 rings (SSSR count). The highest BCUT2D eigenvalue weighted by atomic mass is 35.5. The Morgan fingerprint density at radius 1 is 1.18 bits per heavy atom. The second kappa shape index (κ2) is 9.77. The molecular weight excluding hydrogens is 520 g/mol. The lowest BCUT2D eigenvalue weighted by Crippen LogP contribution is -2.36. The molecule has 2 aromatic heterocycles. The molecule has 184 valence electrons. The first kappa shape index (κ1) is 24.9. The van der Waals surface area contributed by atoms with Crippen LogP contribution < -0.4 is 10.1 Å². The van der Waals surface area contributed by atoms with Gasteiger partial charge in [-0.2, -0.15) is 0 Å². The molecule has 0 radical (unpaired) electrons. The van der Waals surface area contributed by atoms with Crippen LogP contribution in [0, 0.1) is 0 Å². The third-order valence-electron chi connectivity index (χ3n) is 4.87. The van der Waals surface area contributed by atoms with E-state index in [1.165, 1.54) is 18.7 Å². The number of aromatic amines is 1. The van der Waals surface area contributed by atoms with Crippen LogP contribution in [-0.2, 0) is 20.4 Å². The lowest BCUT2D eigenvalue weighted by molar-refractivity contribution is -0.116. The van der Waals surface area contributed by atoms with Gasteiger partial charge in [-0.1, -0.05) is 23.2 Å². The number of aliphatic hydroxyl groups excluding tert-OH is 2. The molecule has 0 spiro atoms. The van der Waals surface area contributed by atoms with E-state index in [1.807, 2.05) is 0 Å². The van der Waals surface area contributed by atoms with Crippen molar-refractivity contribution in [2.75, 3.05) is 11.9 Å². The van der Waals surface area contributed by atoms with Crippen LogP contribution in [-0.4, -0.2) is 76.3 Å². The Morgan fingerprint density at radius 2 is 1.94 bits per heavy atom. The van der Waals surface area contributed by atoms with Crippen molar-refractivity contribution in [1.29, 1.82) is 0 Å². The van der Waals surface area contributed by atoms with Crippen molar-refractivity contribution in [2.24, 2.45) is 0 Å². The van der Waals surface area contributed by atoms with E-state index < -0.39 is 39.0 Å². The largest absolute Gasteiger partial charge is 0.506 e. The molecule has 1 fully saturated rings. The minimum atomic E-state index is -4.84. The van der Waals surface area contributed by atoms with Crippen molar-refractivity contribution >= 4 is 48.0 Å². The lowest BCUT2D eigenvalue weighted by Gasteiger charge is -2.21. The fourth-order valence-corrected chi connectivity index (χ4v) is 4.13. The predicted molar refractivity (Wildman–Crippen MR) is 116 cm³/mol. The van der Waals surface area contributed by atoms with Gasteiger partial charge in [0.2, 0.25) is 6.29 Å². The molecule has 14 nitrogen and oxygen atoms in total. The lowest BCUT2D eigenvalue weighted by atomic mass is 10.1. The summed E-state index contributed by atoms with van der Waals surface area (Å²) in [4.78, 5) is 32.7. The third kappa shape index (κ3) is 5.20. The SMILES string of the molecule is O=P(O)(O)OC[C@H]1OC(Oc2c(Cl)cc(Cl)c(O)c2CNc2ncnc3nc[nH]c23)[C@H](O)[C@@H]1O. The number of phosphoric acid groups is 1. The summed E-state index contributed by atoms with van der Waals surface area (Å²) >= 11 is 12.3. The average molecular weight is 538 g/mol. The van der Waals surface area contributed by atoms with Crippen LogP contribution in [0.3, 0.4) is 0 Å². The maximum atomic E-state index is 10.9. The second-order valence-electron chi connectivity index (χ2n) is 7.10. The highest BCUT2D eigenvalue weighted by molar-refractivity contribution is 7.46. The van der Waals surface area contributed by atoms with Crippen LogP contribution in [0.25, 0.3) is 11.2 Å². The number of H-pyrrole nitrogens is 1. The maximum absolute atomic E-state index is 10.9. The first-order chi connectivity index (χ1) is 16.0. The monoisotopic (exact) mass is 537 g/mol. The van der Waals surface area contributed by atoms with Gasteiger partial charge in [0.1, 0.15) is 41.7 Å². The topological polar surface area (TPSA) is 212 Å². The number of fused-ring (bicyclic) bond motifs is 1. The molecule has 0 bridgehead atoms. The van der Waals surface area contributed by atoms with Gasteiger partial charge >= 0.3 is 7.82 Å². The number of aliphatic hydroxyl groups is 2. The Kier molecular flexibility index (Phi) is 7.14. The summed E-state index contributed by atoms with van der Waals surface area (Å²) in [5.74, 6) is -0.150. The number of aromatic nitrogens is 4. The summed E-state index contributed by atoms with van der Waals surface area (Å²) in [5, 5.41) is 33.8. The molecule has 3 aromatic rings. The van der Waals surface area contributed by atoms with Gasteiger partial charge in [-0.05, 0) is 6.07 Å². The quantitative estimate of drug-likeness (QED) is 0.199. The summed E-state index contributed by atoms with van der Waals surface area (Å²) in [6.45, 7) is -0.826. The van der Waals surface area contributed by atoms with Gasteiger partial charge < -0.3 is 44.9 Å². The molecule has 1 aliphatic rings. The zero-order valence-electron chi connectivity index (χ0n) is 16.9. The van der Waals surface area contributed by atoms with Crippen molar-refractivity contribution in [3.63, 3.8) is 0 Å². The zero-order valence-corrected chi connectivity index (χ0v) is 19.3. The molecule has 1 aromatic carbocycles. The molecule has 17 heteroatoms. The summed E-state index contributed by atoms with van der Waals surface area (Å²) in [5.41, 5.74) is 0.981. The molecule has 34 heavy (non-hydrogen) atoms. The maximum Gasteiger partial charge on any atom is 0.469 e. The van der Waals surface area contributed by atoms with Gasteiger partial charge in [0, 0.05) is 6.54 Å². The van der Waals surface area contributed by atoms with E-state index in [1.54, 1.807) is 0 Å². The van der Waals surface area contributed by atoms with Crippen LogP contribution in [0.2, 0.25) is 10.0 Å². The van der Waals surface area contributed by atoms with Crippen LogP contribution in [0.1, 0.15) is 5.56 Å². The number of benzene rings is 1. The Bertz CT molecular complexity index is 1240. The number of nitrogens with zero attached hydrogens (tertiary/aromatic N) is 3. The fourth-order valence-electron chi connectivity index (χ4n) is 3.24.